The Balaban J connectivity index is 1.78. The molecule has 0 unspecified atom stereocenters. The Hall–Kier alpha value is -2.87. The molecule has 0 radical (unpaired) electrons. The van der Waals surface area contributed by atoms with Gasteiger partial charge in [0.15, 0.2) is 0 Å². The van der Waals surface area contributed by atoms with Crippen LogP contribution in [-0.4, -0.2) is 56.7 Å². The van der Waals surface area contributed by atoms with Crippen LogP contribution in [0.3, 0.4) is 0 Å². The van der Waals surface area contributed by atoms with Crippen molar-refractivity contribution in [2.24, 2.45) is 0 Å². The molecule has 0 atom stereocenters. The van der Waals surface area contributed by atoms with E-state index in [9.17, 15) is 18.0 Å². The summed E-state index contributed by atoms with van der Waals surface area (Å²) in [7, 11) is -3.80. The molecule has 2 amide bonds. The van der Waals surface area contributed by atoms with Crippen LogP contribution in [0.15, 0.2) is 53.4 Å². The number of amides is 2. The summed E-state index contributed by atoms with van der Waals surface area (Å²) in [6.45, 7) is 3.68. The molecule has 1 aliphatic rings. The van der Waals surface area contributed by atoms with Crippen LogP contribution in [0.5, 0.6) is 0 Å². The molecule has 2 aromatic rings. The van der Waals surface area contributed by atoms with Crippen molar-refractivity contribution in [1.82, 2.24) is 9.80 Å². The highest BCUT2D eigenvalue weighted by molar-refractivity contribution is 7.92. The fourth-order valence-corrected chi connectivity index (χ4v) is 4.03. The number of piperazine rings is 1. The molecule has 0 saturated carbocycles. The van der Waals surface area contributed by atoms with Gasteiger partial charge < -0.3 is 9.80 Å². The van der Waals surface area contributed by atoms with Gasteiger partial charge in [-0.2, -0.15) is 0 Å². The second-order valence-corrected chi connectivity index (χ2v) is 8.12. The lowest BCUT2D eigenvalue weighted by molar-refractivity contribution is -0.119. The van der Waals surface area contributed by atoms with Crippen LogP contribution < -0.4 is 4.72 Å². The van der Waals surface area contributed by atoms with E-state index in [1.54, 1.807) is 40.1 Å². The number of hydrogen-bond acceptors (Lipinski definition) is 4. The van der Waals surface area contributed by atoms with Crippen LogP contribution in [-0.2, 0) is 14.8 Å². The summed E-state index contributed by atoms with van der Waals surface area (Å²) in [6.07, 6.45) is 0.770. The van der Waals surface area contributed by atoms with Crippen LogP contribution in [0.1, 0.15) is 15.9 Å². The number of anilines is 1. The minimum absolute atomic E-state index is 0.0291. The summed E-state index contributed by atoms with van der Waals surface area (Å²) in [4.78, 5) is 26.7. The third-order valence-electron chi connectivity index (χ3n) is 4.41. The van der Waals surface area contributed by atoms with Crippen LogP contribution in [0.25, 0.3) is 0 Å². The average molecular weight is 387 g/mol. The van der Waals surface area contributed by atoms with Crippen molar-refractivity contribution in [3.05, 3.63) is 59.7 Å². The predicted octanol–water partition coefficient (Wildman–Crippen LogP) is 1.71. The van der Waals surface area contributed by atoms with Gasteiger partial charge in [-0.1, -0.05) is 18.2 Å². The maximum absolute atomic E-state index is 12.7. The third-order valence-corrected chi connectivity index (χ3v) is 5.79. The summed E-state index contributed by atoms with van der Waals surface area (Å²) in [5.74, 6) is -0.242. The Morgan fingerprint density at radius 2 is 1.74 bits per heavy atom. The highest BCUT2D eigenvalue weighted by Crippen LogP contribution is 2.19. The van der Waals surface area contributed by atoms with Gasteiger partial charge in [0.05, 0.1) is 4.90 Å². The quantitative estimate of drug-likeness (QED) is 0.792. The summed E-state index contributed by atoms with van der Waals surface area (Å²) in [5, 5.41) is 0. The molecule has 1 heterocycles. The van der Waals surface area contributed by atoms with E-state index in [0.717, 1.165) is 12.0 Å². The number of carbonyl (C=O) groups excluding carboxylic acids is 2. The maximum atomic E-state index is 12.7. The molecule has 1 aliphatic heterocycles. The van der Waals surface area contributed by atoms with Gasteiger partial charge in [-0.05, 0) is 42.8 Å². The van der Waals surface area contributed by atoms with E-state index in [2.05, 4.69) is 4.72 Å². The average Bonchev–Trinajstić information content (AvgIpc) is 2.67. The molecule has 142 valence electrons. The van der Waals surface area contributed by atoms with Crippen LogP contribution in [0.2, 0.25) is 0 Å². The molecule has 0 bridgehead atoms. The van der Waals surface area contributed by atoms with Crippen molar-refractivity contribution < 1.29 is 18.0 Å². The molecule has 0 aromatic heterocycles. The molecule has 27 heavy (non-hydrogen) atoms. The van der Waals surface area contributed by atoms with Gasteiger partial charge in [-0.3, -0.25) is 14.3 Å². The summed E-state index contributed by atoms with van der Waals surface area (Å²) >= 11 is 0. The number of nitrogens with one attached hydrogen (secondary N) is 1. The van der Waals surface area contributed by atoms with Gasteiger partial charge in [0.2, 0.25) is 6.41 Å². The highest BCUT2D eigenvalue weighted by Gasteiger charge is 2.23. The molecular formula is C19H21N3O4S. The minimum Gasteiger partial charge on any atom is -0.342 e. The van der Waals surface area contributed by atoms with E-state index in [0.29, 0.717) is 37.4 Å². The number of sulfonamides is 1. The first-order chi connectivity index (χ1) is 12.9. The molecule has 1 fully saturated rings. The van der Waals surface area contributed by atoms with Gasteiger partial charge in [-0.25, -0.2) is 8.42 Å². The van der Waals surface area contributed by atoms with Gasteiger partial charge in [-0.15, -0.1) is 0 Å². The number of benzene rings is 2. The zero-order valence-electron chi connectivity index (χ0n) is 15.0. The zero-order valence-corrected chi connectivity index (χ0v) is 15.8. The molecule has 7 nitrogen and oxygen atoms in total. The van der Waals surface area contributed by atoms with Crippen molar-refractivity contribution in [2.75, 3.05) is 30.9 Å². The van der Waals surface area contributed by atoms with Crippen molar-refractivity contribution in [3.63, 3.8) is 0 Å². The van der Waals surface area contributed by atoms with Crippen LogP contribution in [0.4, 0.5) is 5.69 Å². The topological polar surface area (TPSA) is 86.8 Å². The lowest BCUT2D eigenvalue weighted by atomic mass is 10.2. The molecule has 0 aliphatic carbocycles. The fourth-order valence-electron chi connectivity index (χ4n) is 2.93. The Labute approximate surface area is 158 Å². The third kappa shape index (κ3) is 4.46. The molecule has 8 heteroatoms. The molecule has 0 spiro atoms. The molecule has 2 aromatic carbocycles. The van der Waals surface area contributed by atoms with E-state index >= 15 is 0 Å². The Morgan fingerprint density at radius 3 is 2.41 bits per heavy atom. The minimum atomic E-state index is -3.80. The second-order valence-electron chi connectivity index (χ2n) is 6.44. The summed E-state index contributed by atoms with van der Waals surface area (Å²) in [5.41, 5.74) is 1.71. The van der Waals surface area contributed by atoms with E-state index in [1.165, 1.54) is 12.1 Å². The Bertz CT molecular complexity index is 951. The standard InChI is InChI=1S/C19H21N3O4S/c1-15-4-2-6-17(12-15)20-27(25,26)18-7-3-5-16(13-18)19(24)22-10-8-21(14-23)9-11-22/h2-7,12-14,20H,8-11H2,1H3. The van der Waals surface area contributed by atoms with Crippen molar-refractivity contribution >= 4 is 28.0 Å². The van der Waals surface area contributed by atoms with Crippen molar-refractivity contribution in [1.29, 1.82) is 0 Å². The summed E-state index contributed by atoms with van der Waals surface area (Å²) < 4.78 is 27.9. The monoisotopic (exact) mass is 387 g/mol. The maximum Gasteiger partial charge on any atom is 0.261 e. The van der Waals surface area contributed by atoms with Gasteiger partial charge in [0.25, 0.3) is 15.9 Å². The SMILES string of the molecule is Cc1cccc(NS(=O)(=O)c2cccc(C(=O)N3CCN(C=O)CC3)c2)c1. The van der Waals surface area contributed by atoms with Gasteiger partial charge >= 0.3 is 0 Å². The van der Waals surface area contributed by atoms with Gasteiger partial charge in [0.1, 0.15) is 0 Å². The van der Waals surface area contributed by atoms with Crippen molar-refractivity contribution in [2.45, 2.75) is 11.8 Å². The molecule has 1 N–H and O–H groups in total. The zero-order chi connectivity index (χ0) is 19.4. The smallest absolute Gasteiger partial charge is 0.261 e. The largest absolute Gasteiger partial charge is 0.342 e. The number of nitrogens with zero attached hydrogens (tertiary/aromatic N) is 2. The van der Waals surface area contributed by atoms with E-state index in [4.69, 9.17) is 0 Å². The first kappa shape index (κ1) is 18.9. The Kier molecular flexibility index (Phi) is 5.46. The number of hydrogen-bond donors (Lipinski definition) is 1. The normalized spacial score (nSPS) is 14.7. The van der Waals surface area contributed by atoms with E-state index in [1.807, 2.05) is 13.0 Å². The lowest BCUT2D eigenvalue weighted by Gasteiger charge is -2.32. The van der Waals surface area contributed by atoms with Crippen LogP contribution >= 0.6 is 0 Å². The summed E-state index contributed by atoms with van der Waals surface area (Å²) in [6, 6.07) is 13.0. The molecule has 1 saturated heterocycles. The number of carbonyl (C=O) groups is 2. The van der Waals surface area contributed by atoms with Crippen molar-refractivity contribution in [3.8, 4) is 0 Å². The highest BCUT2D eigenvalue weighted by atomic mass is 32.2. The van der Waals surface area contributed by atoms with Crippen LogP contribution in [0, 0.1) is 6.92 Å². The van der Waals surface area contributed by atoms with Gasteiger partial charge in [0, 0.05) is 37.4 Å². The molecule has 3 rings (SSSR count). The molecular weight excluding hydrogens is 366 g/mol. The first-order valence-corrected chi connectivity index (χ1v) is 10.1. The Morgan fingerprint density at radius 1 is 1.04 bits per heavy atom. The fraction of sp³-hybridized carbons (Fsp3) is 0.263. The lowest BCUT2D eigenvalue weighted by Crippen LogP contribution is -2.48. The van der Waals surface area contributed by atoms with E-state index in [-0.39, 0.29) is 10.8 Å². The predicted molar refractivity (Wildman–Crippen MR) is 102 cm³/mol. The number of aryl methyl sites for hydroxylation is 1. The number of rotatable bonds is 5. The first-order valence-electron chi connectivity index (χ1n) is 8.57. The second kappa shape index (κ2) is 7.79. The van der Waals surface area contributed by atoms with E-state index < -0.39 is 10.0 Å².